The van der Waals surface area contributed by atoms with Crippen LogP contribution in [0.25, 0.3) is 0 Å². The number of benzene rings is 1. The van der Waals surface area contributed by atoms with Crippen molar-refractivity contribution in [3.8, 4) is 0 Å². The van der Waals surface area contributed by atoms with Crippen molar-refractivity contribution in [2.24, 2.45) is 0 Å². The van der Waals surface area contributed by atoms with E-state index in [1.54, 1.807) is 4.31 Å². The van der Waals surface area contributed by atoms with Crippen molar-refractivity contribution in [3.63, 3.8) is 0 Å². The first kappa shape index (κ1) is 17.5. The Labute approximate surface area is 151 Å². The van der Waals surface area contributed by atoms with E-state index in [-0.39, 0.29) is 6.04 Å². The average molecular weight is 364 g/mol. The van der Waals surface area contributed by atoms with E-state index in [0.717, 1.165) is 58.0 Å². The van der Waals surface area contributed by atoms with Crippen molar-refractivity contribution in [2.45, 2.75) is 57.0 Å². The predicted octanol–water partition coefficient (Wildman–Crippen LogP) is 1.94. The van der Waals surface area contributed by atoms with Crippen LogP contribution in [0.4, 0.5) is 0 Å². The average Bonchev–Trinajstić information content (AvgIpc) is 3.07. The molecule has 138 valence electrons. The first-order valence-electron chi connectivity index (χ1n) is 9.70. The molecule has 0 spiro atoms. The van der Waals surface area contributed by atoms with Crippen molar-refractivity contribution < 1.29 is 8.42 Å². The summed E-state index contributed by atoms with van der Waals surface area (Å²) >= 11 is 0. The first-order chi connectivity index (χ1) is 12.1. The molecular formula is C19H29N3O2S. The number of rotatable bonds is 4. The highest BCUT2D eigenvalue weighted by Gasteiger charge is 2.33. The molecule has 25 heavy (non-hydrogen) atoms. The molecule has 1 N–H and O–H groups in total. The second kappa shape index (κ2) is 7.35. The van der Waals surface area contributed by atoms with Gasteiger partial charge in [0.15, 0.2) is 0 Å². The smallest absolute Gasteiger partial charge is 0.279 e. The minimum absolute atomic E-state index is 0.0457. The Hall–Kier alpha value is -0.950. The summed E-state index contributed by atoms with van der Waals surface area (Å²) < 4.78 is 29.9. The van der Waals surface area contributed by atoms with Crippen LogP contribution in [0.15, 0.2) is 24.3 Å². The van der Waals surface area contributed by atoms with E-state index in [4.69, 9.17) is 0 Å². The van der Waals surface area contributed by atoms with Crippen LogP contribution in [0.3, 0.4) is 0 Å². The molecule has 1 aromatic carbocycles. The second-order valence-electron chi connectivity index (χ2n) is 7.75. The highest BCUT2D eigenvalue weighted by molar-refractivity contribution is 7.87. The SMILES string of the molecule is O=S(=O)(N[C@@H]1CCCN(C2Cc3ccccc3C2)C1)N1CCCCC1. The van der Waals surface area contributed by atoms with Gasteiger partial charge in [0, 0.05) is 31.7 Å². The van der Waals surface area contributed by atoms with Crippen LogP contribution in [0.1, 0.15) is 43.2 Å². The van der Waals surface area contributed by atoms with E-state index in [2.05, 4.69) is 33.9 Å². The third kappa shape index (κ3) is 3.92. The van der Waals surface area contributed by atoms with E-state index in [0.29, 0.717) is 19.1 Å². The summed E-state index contributed by atoms with van der Waals surface area (Å²) in [5.41, 5.74) is 2.92. The van der Waals surface area contributed by atoms with E-state index in [1.165, 1.54) is 11.1 Å². The summed E-state index contributed by atoms with van der Waals surface area (Å²) in [5.74, 6) is 0. The molecule has 1 aromatic rings. The van der Waals surface area contributed by atoms with Crippen LogP contribution in [0.5, 0.6) is 0 Å². The highest BCUT2D eigenvalue weighted by Crippen LogP contribution is 2.27. The quantitative estimate of drug-likeness (QED) is 0.889. The van der Waals surface area contributed by atoms with Crippen LogP contribution in [0.2, 0.25) is 0 Å². The molecule has 3 aliphatic rings. The van der Waals surface area contributed by atoms with Gasteiger partial charge in [0.25, 0.3) is 10.2 Å². The fraction of sp³-hybridized carbons (Fsp3) is 0.684. The molecule has 6 heteroatoms. The van der Waals surface area contributed by atoms with Crippen LogP contribution < -0.4 is 4.72 Å². The minimum atomic E-state index is -3.33. The van der Waals surface area contributed by atoms with E-state index in [9.17, 15) is 8.42 Å². The molecule has 4 rings (SSSR count). The molecule has 2 aliphatic heterocycles. The first-order valence-corrected chi connectivity index (χ1v) is 11.1. The lowest BCUT2D eigenvalue weighted by molar-refractivity contribution is 0.147. The number of hydrogen-bond acceptors (Lipinski definition) is 3. The Bertz CT molecular complexity index is 675. The summed E-state index contributed by atoms with van der Waals surface area (Å²) in [6, 6.07) is 9.27. The topological polar surface area (TPSA) is 52.7 Å². The molecule has 1 atom stereocenters. The zero-order chi connectivity index (χ0) is 17.3. The number of hydrogen-bond donors (Lipinski definition) is 1. The van der Waals surface area contributed by atoms with Crippen LogP contribution in [0, 0.1) is 0 Å². The van der Waals surface area contributed by atoms with Crippen LogP contribution in [-0.2, 0) is 23.1 Å². The van der Waals surface area contributed by atoms with Crippen molar-refractivity contribution in [3.05, 3.63) is 35.4 Å². The molecule has 0 saturated carbocycles. The van der Waals surface area contributed by atoms with Gasteiger partial charge in [-0.3, -0.25) is 4.90 Å². The Morgan fingerprint density at radius 3 is 2.28 bits per heavy atom. The van der Waals surface area contributed by atoms with Gasteiger partial charge in [-0.05, 0) is 56.2 Å². The van der Waals surface area contributed by atoms with Gasteiger partial charge in [-0.25, -0.2) is 0 Å². The molecule has 5 nitrogen and oxygen atoms in total. The lowest BCUT2D eigenvalue weighted by Crippen LogP contribution is -2.54. The zero-order valence-electron chi connectivity index (χ0n) is 14.9. The summed E-state index contributed by atoms with van der Waals surface area (Å²) in [6.07, 6.45) is 7.33. The maximum absolute atomic E-state index is 12.7. The lowest BCUT2D eigenvalue weighted by atomic mass is 10.0. The molecule has 0 radical (unpaired) electrons. The Balaban J connectivity index is 1.37. The summed E-state index contributed by atoms with van der Waals surface area (Å²) in [4.78, 5) is 2.51. The normalized spacial score (nSPS) is 26.6. The van der Waals surface area contributed by atoms with Gasteiger partial charge in [-0.1, -0.05) is 30.7 Å². The third-order valence-corrected chi connectivity index (χ3v) is 7.65. The number of piperidine rings is 2. The fourth-order valence-electron chi connectivity index (χ4n) is 4.62. The monoisotopic (exact) mass is 363 g/mol. The van der Waals surface area contributed by atoms with Gasteiger partial charge < -0.3 is 0 Å². The number of nitrogens with one attached hydrogen (secondary N) is 1. The van der Waals surface area contributed by atoms with Gasteiger partial charge in [0.05, 0.1) is 0 Å². The molecule has 0 unspecified atom stereocenters. The maximum atomic E-state index is 12.7. The second-order valence-corrected chi connectivity index (χ2v) is 9.45. The lowest BCUT2D eigenvalue weighted by Gasteiger charge is -2.38. The van der Waals surface area contributed by atoms with Crippen LogP contribution >= 0.6 is 0 Å². The number of nitrogens with zero attached hydrogens (tertiary/aromatic N) is 2. The van der Waals surface area contributed by atoms with Gasteiger partial charge in [0.2, 0.25) is 0 Å². The Kier molecular flexibility index (Phi) is 5.13. The summed E-state index contributed by atoms with van der Waals surface area (Å²) in [5, 5.41) is 0. The molecule has 0 bridgehead atoms. The summed E-state index contributed by atoms with van der Waals surface area (Å²) in [7, 11) is -3.33. The third-order valence-electron chi connectivity index (χ3n) is 5.97. The molecular weight excluding hydrogens is 334 g/mol. The molecule has 2 fully saturated rings. The van der Waals surface area contributed by atoms with Crippen molar-refractivity contribution in [2.75, 3.05) is 26.2 Å². The molecule has 1 aliphatic carbocycles. The maximum Gasteiger partial charge on any atom is 0.279 e. The van der Waals surface area contributed by atoms with E-state index in [1.807, 2.05) is 0 Å². The fourth-order valence-corrected chi connectivity index (χ4v) is 6.12. The van der Waals surface area contributed by atoms with Gasteiger partial charge in [-0.15, -0.1) is 0 Å². The van der Waals surface area contributed by atoms with Gasteiger partial charge in [0.1, 0.15) is 0 Å². The number of fused-ring (bicyclic) bond motifs is 1. The minimum Gasteiger partial charge on any atom is -0.298 e. The molecule has 0 aromatic heterocycles. The molecule has 2 saturated heterocycles. The van der Waals surface area contributed by atoms with E-state index < -0.39 is 10.2 Å². The number of likely N-dealkylation sites (tertiary alicyclic amines) is 1. The Morgan fingerprint density at radius 2 is 1.60 bits per heavy atom. The van der Waals surface area contributed by atoms with Gasteiger partial charge >= 0.3 is 0 Å². The Morgan fingerprint density at radius 1 is 0.920 bits per heavy atom. The van der Waals surface area contributed by atoms with Crippen molar-refractivity contribution >= 4 is 10.2 Å². The standard InChI is InChI=1S/C19H29N3O2S/c23-25(24,22-11-4-1-5-12-22)20-18-9-6-10-21(15-18)19-13-16-7-2-3-8-17(16)14-19/h2-3,7-8,18-20H,1,4-6,9-15H2/t18-/m1/s1. The molecule has 2 heterocycles. The summed E-state index contributed by atoms with van der Waals surface area (Å²) in [6.45, 7) is 3.26. The van der Waals surface area contributed by atoms with E-state index >= 15 is 0 Å². The van der Waals surface area contributed by atoms with Crippen LogP contribution in [-0.4, -0.2) is 55.9 Å². The van der Waals surface area contributed by atoms with Crippen molar-refractivity contribution in [1.82, 2.24) is 13.9 Å². The molecule has 0 amide bonds. The zero-order valence-corrected chi connectivity index (χ0v) is 15.7. The predicted molar refractivity (Wildman–Crippen MR) is 99.7 cm³/mol. The van der Waals surface area contributed by atoms with Gasteiger partial charge in [-0.2, -0.15) is 17.4 Å². The highest BCUT2D eigenvalue weighted by atomic mass is 32.2. The van der Waals surface area contributed by atoms with Crippen molar-refractivity contribution in [1.29, 1.82) is 0 Å². The largest absolute Gasteiger partial charge is 0.298 e.